The molecule has 0 saturated heterocycles. The number of nitrogens with two attached hydrogens (primary N) is 2. The number of thioether (sulfide) groups is 1. The summed E-state index contributed by atoms with van der Waals surface area (Å²) in [5.41, 5.74) is 12.6. The normalized spacial score (nSPS) is 14.4. The first-order valence-corrected chi connectivity index (χ1v) is 17.1. The number of nitrogens with one attached hydrogen (secondary N) is 5. The highest BCUT2D eigenvalue weighted by atomic mass is 32.2. The molecule has 0 aliphatic carbocycles. The van der Waals surface area contributed by atoms with E-state index in [9.17, 15) is 28.8 Å². The lowest BCUT2D eigenvalue weighted by atomic mass is 10.00. The molecule has 0 heterocycles. The topological polar surface area (TPSA) is 215 Å². The van der Waals surface area contributed by atoms with Crippen molar-refractivity contribution in [2.75, 3.05) is 25.1 Å². The molecule has 1 radical (unpaired) electrons. The number of rotatable bonds is 22. The molecule has 0 spiro atoms. The van der Waals surface area contributed by atoms with Crippen LogP contribution in [0.2, 0.25) is 0 Å². The van der Waals surface area contributed by atoms with Crippen molar-refractivity contribution in [3.63, 3.8) is 0 Å². The fraction of sp³-hybridized carbons (Fsp3) is 0.625. The Morgan fingerprint density at radius 3 is 2.02 bits per heavy atom. The summed E-state index contributed by atoms with van der Waals surface area (Å²) in [4.78, 5) is 76.3. The average Bonchev–Trinajstić information content (AvgIpc) is 3.02. The van der Waals surface area contributed by atoms with Gasteiger partial charge in [-0.05, 0) is 68.1 Å². The van der Waals surface area contributed by atoms with Crippen molar-refractivity contribution in [3.05, 3.63) is 35.9 Å². The summed E-state index contributed by atoms with van der Waals surface area (Å²) < 4.78 is 0. The number of benzene rings is 1. The highest BCUT2D eigenvalue weighted by Crippen LogP contribution is 2.08. The number of hydrogen-bond acceptors (Lipinski definition) is 9. The fourth-order valence-electron chi connectivity index (χ4n) is 4.41. The van der Waals surface area contributed by atoms with Gasteiger partial charge in [0.25, 0.3) is 0 Å². The van der Waals surface area contributed by atoms with E-state index in [2.05, 4.69) is 26.6 Å². The van der Waals surface area contributed by atoms with Gasteiger partial charge in [-0.25, -0.2) is 0 Å². The third-order valence-electron chi connectivity index (χ3n) is 7.24. The average molecular weight is 663 g/mol. The van der Waals surface area contributed by atoms with Gasteiger partial charge in [0.1, 0.15) is 18.1 Å². The van der Waals surface area contributed by atoms with E-state index in [-0.39, 0.29) is 18.3 Å². The third kappa shape index (κ3) is 15.2. The van der Waals surface area contributed by atoms with E-state index >= 15 is 0 Å². The predicted octanol–water partition coefficient (Wildman–Crippen LogP) is -0.0844. The Labute approximate surface area is 276 Å². The Balaban J connectivity index is 2.88. The van der Waals surface area contributed by atoms with E-state index in [4.69, 9.17) is 11.5 Å². The summed E-state index contributed by atoms with van der Waals surface area (Å²) in [5, 5.41) is 13.2. The van der Waals surface area contributed by atoms with Gasteiger partial charge >= 0.3 is 0 Å². The maximum Gasteiger partial charge on any atom is 0.243 e. The molecule has 1 aromatic carbocycles. The summed E-state index contributed by atoms with van der Waals surface area (Å²) in [6.45, 7) is 6.98. The van der Waals surface area contributed by atoms with Crippen LogP contribution < -0.4 is 38.1 Å². The molecule has 0 saturated carbocycles. The van der Waals surface area contributed by atoms with E-state index in [0.717, 1.165) is 5.56 Å². The molecule has 5 amide bonds. The zero-order chi connectivity index (χ0) is 34.6. The van der Waals surface area contributed by atoms with E-state index in [1.54, 1.807) is 34.0 Å². The number of carbonyl (C=O) groups excluding carboxylic acids is 6. The number of hydrogen-bond donors (Lipinski definition) is 7. The van der Waals surface area contributed by atoms with Crippen LogP contribution in [-0.4, -0.2) is 91.1 Å². The highest BCUT2D eigenvalue weighted by molar-refractivity contribution is 7.98. The Morgan fingerprint density at radius 2 is 1.46 bits per heavy atom. The summed E-state index contributed by atoms with van der Waals surface area (Å²) in [5.74, 6) is -2.73. The monoisotopic (exact) mass is 662 g/mol. The molecular weight excluding hydrogens is 610 g/mol. The minimum Gasteiger partial charge on any atom is -0.345 e. The van der Waals surface area contributed by atoms with Crippen LogP contribution in [0.1, 0.15) is 58.9 Å². The second-order valence-corrected chi connectivity index (χ2v) is 12.8. The summed E-state index contributed by atoms with van der Waals surface area (Å²) in [6, 6.07) is 4.69. The lowest BCUT2D eigenvalue weighted by molar-refractivity contribution is -0.133. The first-order valence-electron chi connectivity index (χ1n) is 15.7. The van der Waals surface area contributed by atoms with Crippen LogP contribution in [0, 0.1) is 11.8 Å². The summed E-state index contributed by atoms with van der Waals surface area (Å²) >= 11 is 1.50. The Morgan fingerprint density at radius 1 is 0.804 bits per heavy atom. The lowest BCUT2D eigenvalue weighted by Gasteiger charge is -2.27. The first kappa shape index (κ1) is 40.5. The molecule has 0 aliphatic heterocycles. The van der Waals surface area contributed by atoms with Crippen molar-refractivity contribution in [2.45, 2.75) is 90.0 Å². The number of carbonyl (C=O) groups is 5. The van der Waals surface area contributed by atoms with Crippen LogP contribution in [0.15, 0.2) is 30.3 Å². The van der Waals surface area contributed by atoms with Gasteiger partial charge in [0.05, 0.1) is 18.6 Å². The highest BCUT2D eigenvalue weighted by Gasteiger charge is 2.31. The van der Waals surface area contributed by atoms with Gasteiger partial charge in [0.2, 0.25) is 35.8 Å². The molecule has 1 aromatic rings. The molecule has 14 heteroatoms. The zero-order valence-electron chi connectivity index (χ0n) is 27.6. The van der Waals surface area contributed by atoms with E-state index in [1.807, 2.05) is 36.6 Å². The third-order valence-corrected chi connectivity index (χ3v) is 7.88. The summed E-state index contributed by atoms with van der Waals surface area (Å²) in [7, 11) is 0. The van der Waals surface area contributed by atoms with Crippen molar-refractivity contribution in [1.82, 2.24) is 26.6 Å². The van der Waals surface area contributed by atoms with Gasteiger partial charge in [0.15, 0.2) is 0 Å². The van der Waals surface area contributed by atoms with Gasteiger partial charge in [0, 0.05) is 0 Å². The van der Waals surface area contributed by atoms with Gasteiger partial charge in [-0.2, -0.15) is 11.8 Å². The van der Waals surface area contributed by atoms with Gasteiger partial charge < -0.3 is 38.1 Å². The van der Waals surface area contributed by atoms with Crippen LogP contribution >= 0.6 is 11.8 Å². The van der Waals surface area contributed by atoms with Crippen molar-refractivity contribution in [1.29, 1.82) is 0 Å². The molecule has 5 atom stereocenters. The van der Waals surface area contributed by atoms with Crippen LogP contribution in [0.25, 0.3) is 0 Å². The Kier molecular flexibility index (Phi) is 19.5. The second kappa shape index (κ2) is 22.1. The van der Waals surface area contributed by atoms with E-state index in [0.29, 0.717) is 38.0 Å². The van der Waals surface area contributed by atoms with Crippen molar-refractivity contribution >= 4 is 47.6 Å². The second-order valence-electron chi connectivity index (χ2n) is 11.8. The standard InChI is InChI=1S/C32H52N7O6S/c1-20(2)26(19-40)38-32(45)28(21(3)4)39-31(44)24(13-9-10-15-33)36-27(41)18-35-30(43)25(14-16-46-5)37-29(42)23(34)17-22-11-7-6-8-12-22/h6-8,11-12,20-21,23-26,28H,9-10,13-18,33-34H2,1-5H3,(H,35,43)(H,36,41)(H,37,42)(H,38,45)(H,39,44)/t23-,24-,25-,26+,28-/m0/s1. The quantitative estimate of drug-likeness (QED) is 0.0826. The molecule has 1 rings (SSSR count). The molecule has 257 valence electrons. The number of unbranched alkanes of at least 4 members (excludes halogenated alkanes) is 1. The predicted molar refractivity (Wildman–Crippen MR) is 180 cm³/mol. The molecule has 13 nitrogen and oxygen atoms in total. The lowest BCUT2D eigenvalue weighted by Crippen LogP contribution is -2.58. The largest absolute Gasteiger partial charge is 0.345 e. The smallest absolute Gasteiger partial charge is 0.243 e. The van der Waals surface area contributed by atoms with Crippen LogP contribution in [0.4, 0.5) is 0 Å². The van der Waals surface area contributed by atoms with Crippen molar-refractivity contribution in [3.8, 4) is 0 Å². The Bertz CT molecular complexity index is 1120. The maximum atomic E-state index is 13.3. The molecule has 0 aliphatic rings. The molecule has 0 bridgehead atoms. The number of amides is 5. The van der Waals surface area contributed by atoms with Crippen molar-refractivity contribution in [2.24, 2.45) is 23.3 Å². The van der Waals surface area contributed by atoms with Crippen LogP contribution in [0.3, 0.4) is 0 Å². The molecule has 46 heavy (non-hydrogen) atoms. The minimum atomic E-state index is -1.01. The van der Waals surface area contributed by atoms with Crippen molar-refractivity contribution < 1.29 is 28.8 Å². The van der Waals surface area contributed by atoms with Gasteiger partial charge in [-0.3, -0.25) is 28.8 Å². The molecular formula is C32H52N7O6S. The molecule has 0 aromatic heterocycles. The molecule has 9 N–H and O–H groups in total. The maximum absolute atomic E-state index is 13.3. The van der Waals surface area contributed by atoms with Gasteiger partial charge in [-0.1, -0.05) is 58.0 Å². The minimum absolute atomic E-state index is 0.192. The van der Waals surface area contributed by atoms with Gasteiger partial charge in [-0.15, -0.1) is 0 Å². The first-order chi connectivity index (χ1) is 21.8. The van der Waals surface area contributed by atoms with Crippen LogP contribution in [0.5, 0.6) is 0 Å². The Hall–Kier alpha value is -3.49. The molecule has 0 unspecified atom stereocenters. The SMILES string of the molecule is CSCC[C@H](NC(=O)[C@@H](N)Cc1ccccc1)C(=O)NCC(=O)N[C@@H](CCCCN)C(=O)N[C@H](C(=O)N[C@H]([C]=O)C(C)C)C(C)C. The zero-order valence-corrected chi connectivity index (χ0v) is 28.4. The van der Waals surface area contributed by atoms with Crippen LogP contribution in [-0.2, 0) is 35.2 Å². The summed E-state index contributed by atoms with van der Waals surface area (Å²) in [6.07, 6.45) is 5.68. The van der Waals surface area contributed by atoms with E-state index < -0.39 is 66.3 Å². The fourth-order valence-corrected chi connectivity index (χ4v) is 4.88. The molecule has 0 fully saturated rings. The van der Waals surface area contributed by atoms with E-state index in [1.165, 1.54) is 11.8 Å².